The number of carbonyl (C=O) groups excluding carboxylic acids is 1. The number of nitrogens with one attached hydrogen (secondary N) is 2. The molecule has 0 spiro atoms. The smallest absolute Gasteiger partial charge is 0.227 e. The first kappa shape index (κ1) is 22.7. The molecule has 0 atom stereocenters. The summed E-state index contributed by atoms with van der Waals surface area (Å²) in [6.45, 7) is 13.1. The van der Waals surface area contributed by atoms with Gasteiger partial charge in [0.2, 0.25) is 5.91 Å². The molecule has 152 valence electrons. The van der Waals surface area contributed by atoms with Crippen molar-refractivity contribution in [2.45, 2.75) is 53.1 Å². The molecular formula is C19H38N4O3. The number of piperidine rings is 1. The molecule has 2 N–H and O–H groups in total. The zero-order valence-electron chi connectivity index (χ0n) is 17.3. The van der Waals surface area contributed by atoms with E-state index in [0.29, 0.717) is 19.2 Å². The predicted octanol–water partition coefficient (Wildman–Crippen LogP) is 1.63. The maximum Gasteiger partial charge on any atom is 0.227 e. The highest BCUT2D eigenvalue weighted by Gasteiger charge is 2.28. The molecule has 0 bridgehead atoms. The Balaban J connectivity index is 2.53. The van der Waals surface area contributed by atoms with Crippen LogP contribution in [0.25, 0.3) is 0 Å². The van der Waals surface area contributed by atoms with Crippen LogP contribution in [-0.2, 0) is 14.3 Å². The van der Waals surface area contributed by atoms with Crippen molar-refractivity contribution in [1.82, 2.24) is 15.5 Å². The lowest BCUT2D eigenvalue weighted by molar-refractivity contribution is -0.128. The fraction of sp³-hybridized carbons (Fsp3) is 0.895. The first-order valence-electron chi connectivity index (χ1n) is 9.86. The average molecular weight is 371 g/mol. The Morgan fingerprint density at radius 3 is 2.38 bits per heavy atom. The van der Waals surface area contributed by atoms with Crippen LogP contribution >= 0.6 is 0 Å². The highest BCUT2D eigenvalue weighted by atomic mass is 16.5. The number of carbonyl (C=O) groups is 1. The van der Waals surface area contributed by atoms with Crippen LogP contribution in [0.3, 0.4) is 0 Å². The van der Waals surface area contributed by atoms with E-state index in [2.05, 4.69) is 22.5 Å². The van der Waals surface area contributed by atoms with Crippen molar-refractivity contribution in [3.05, 3.63) is 0 Å². The van der Waals surface area contributed by atoms with Crippen LogP contribution < -0.4 is 10.6 Å². The van der Waals surface area contributed by atoms with Gasteiger partial charge in [0.25, 0.3) is 0 Å². The maximum atomic E-state index is 12.2. The van der Waals surface area contributed by atoms with Crippen LogP contribution in [-0.4, -0.2) is 75.9 Å². The van der Waals surface area contributed by atoms with E-state index < -0.39 is 5.41 Å². The van der Waals surface area contributed by atoms with Gasteiger partial charge in [-0.1, -0.05) is 0 Å². The standard InChI is InChI=1S/C19H38N4O3/c1-6-20-17(24)19(3,4)15-22-18(21-7-2)23-11-9-16(10-12-23)26-14-8-13-25-5/h16H,6-15H2,1-5H3,(H,20,24)(H,21,22). The molecule has 0 saturated carbocycles. The lowest BCUT2D eigenvalue weighted by Gasteiger charge is -2.34. The SMILES string of the molecule is CCNC(=O)C(C)(C)CN=C(NCC)N1CCC(OCCCOC)CC1. The largest absolute Gasteiger partial charge is 0.385 e. The number of methoxy groups -OCH3 is 1. The minimum Gasteiger partial charge on any atom is -0.385 e. The molecule has 1 heterocycles. The number of ether oxygens (including phenoxy) is 2. The molecular weight excluding hydrogens is 332 g/mol. The lowest BCUT2D eigenvalue weighted by Crippen LogP contribution is -2.48. The third kappa shape index (κ3) is 7.91. The number of amides is 1. The summed E-state index contributed by atoms with van der Waals surface area (Å²) in [6, 6.07) is 0. The topological polar surface area (TPSA) is 75.2 Å². The van der Waals surface area contributed by atoms with Crippen LogP contribution in [0.4, 0.5) is 0 Å². The minimum absolute atomic E-state index is 0.0442. The third-order valence-electron chi connectivity index (χ3n) is 4.50. The second-order valence-electron chi connectivity index (χ2n) is 7.32. The van der Waals surface area contributed by atoms with E-state index >= 15 is 0 Å². The average Bonchev–Trinajstić information content (AvgIpc) is 2.63. The molecule has 1 fully saturated rings. The molecule has 1 aliphatic rings. The molecule has 1 aliphatic heterocycles. The van der Waals surface area contributed by atoms with Gasteiger partial charge in [-0.05, 0) is 47.0 Å². The number of rotatable bonds is 10. The van der Waals surface area contributed by atoms with E-state index in [1.54, 1.807) is 7.11 Å². The van der Waals surface area contributed by atoms with Crippen LogP contribution in [0.5, 0.6) is 0 Å². The monoisotopic (exact) mass is 370 g/mol. The number of hydrogen-bond donors (Lipinski definition) is 2. The van der Waals surface area contributed by atoms with Crippen molar-refractivity contribution in [1.29, 1.82) is 0 Å². The second-order valence-corrected chi connectivity index (χ2v) is 7.32. The minimum atomic E-state index is -0.514. The van der Waals surface area contributed by atoms with Gasteiger partial charge in [0.15, 0.2) is 5.96 Å². The van der Waals surface area contributed by atoms with Gasteiger partial charge >= 0.3 is 0 Å². The summed E-state index contributed by atoms with van der Waals surface area (Å²) in [5.74, 6) is 0.936. The number of aliphatic imine (C=N–C) groups is 1. The molecule has 1 amide bonds. The zero-order chi connectivity index (χ0) is 19.4. The van der Waals surface area contributed by atoms with Gasteiger partial charge in [0.05, 0.1) is 18.1 Å². The van der Waals surface area contributed by atoms with Crippen molar-refractivity contribution in [3.63, 3.8) is 0 Å². The maximum absolute atomic E-state index is 12.2. The summed E-state index contributed by atoms with van der Waals surface area (Å²) < 4.78 is 11.0. The number of nitrogens with zero attached hydrogens (tertiary/aromatic N) is 2. The predicted molar refractivity (Wildman–Crippen MR) is 105 cm³/mol. The molecule has 1 saturated heterocycles. The van der Waals surface area contributed by atoms with E-state index in [1.165, 1.54) is 0 Å². The third-order valence-corrected chi connectivity index (χ3v) is 4.50. The summed E-state index contributed by atoms with van der Waals surface area (Å²) in [6.07, 6.45) is 3.25. The Morgan fingerprint density at radius 2 is 1.81 bits per heavy atom. The van der Waals surface area contributed by atoms with E-state index in [9.17, 15) is 4.79 Å². The van der Waals surface area contributed by atoms with Gasteiger partial charge in [-0.3, -0.25) is 9.79 Å². The summed E-state index contributed by atoms with van der Waals surface area (Å²) in [7, 11) is 1.72. The van der Waals surface area contributed by atoms with E-state index in [-0.39, 0.29) is 5.91 Å². The fourth-order valence-electron chi connectivity index (χ4n) is 2.86. The summed E-state index contributed by atoms with van der Waals surface area (Å²) in [4.78, 5) is 19.2. The first-order chi connectivity index (χ1) is 12.4. The Hall–Kier alpha value is -1.34. The highest BCUT2D eigenvalue weighted by Crippen LogP contribution is 2.17. The van der Waals surface area contributed by atoms with Gasteiger partial charge in [0, 0.05) is 46.5 Å². The van der Waals surface area contributed by atoms with Crippen LogP contribution in [0.1, 0.15) is 47.0 Å². The van der Waals surface area contributed by atoms with Gasteiger partial charge in [-0.2, -0.15) is 0 Å². The molecule has 0 aromatic carbocycles. The van der Waals surface area contributed by atoms with Gasteiger partial charge in [0.1, 0.15) is 0 Å². The van der Waals surface area contributed by atoms with Crippen molar-refractivity contribution in [2.24, 2.45) is 10.4 Å². The molecule has 0 unspecified atom stereocenters. The molecule has 7 nitrogen and oxygen atoms in total. The highest BCUT2D eigenvalue weighted by molar-refractivity contribution is 5.83. The number of hydrogen-bond acceptors (Lipinski definition) is 4. The Labute approximate surface area is 158 Å². The quantitative estimate of drug-likeness (QED) is 0.347. The Kier molecular flexibility index (Phi) is 10.6. The van der Waals surface area contributed by atoms with Crippen LogP contribution in [0.15, 0.2) is 4.99 Å². The van der Waals surface area contributed by atoms with E-state index in [4.69, 9.17) is 14.5 Å². The van der Waals surface area contributed by atoms with Gasteiger partial charge < -0.3 is 25.0 Å². The lowest BCUT2D eigenvalue weighted by atomic mass is 9.92. The van der Waals surface area contributed by atoms with Crippen molar-refractivity contribution >= 4 is 11.9 Å². The fourth-order valence-corrected chi connectivity index (χ4v) is 2.86. The molecule has 0 aliphatic carbocycles. The zero-order valence-corrected chi connectivity index (χ0v) is 17.3. The van der Waals surface area contributed by atoms with Gasteiger partial charge in [-0.25, -0.2) is 0 Å². The first-order valence-corrected chi connectivity index (χ1v) is 9.86. The van der Waals surface area contributed by atoms with Crippen molar-refractivity contribution in [2.75, 3.05) is 53.0 Å². The Bertz CT molecular complexity index is 433. The number of guanidine groups is 1. The van der Waals surface area contributed by atoms with Crippen LogP contribution in [0, 0.1) is 5.41 Å². The Morgan fingerprint density at radius 1 is 1.15 bits per heavy atom. The summed E-state index contributed by atoms with van der Waals surface area (Å²) in [5, 5.41) is 6.25. The second kappa shape index (κ2) is 12.1. The van der Waals surface area contributed by atoms with E-state index in [1.807, 2.05) is 20.8 Å². The molecule has 26 heavy (non-hydrogen) atoms. The van der Waals surface area contributed by atoms with Crippen LogP contribution in [0.2, 0.25) is 0 Å². The molecule has 0 radical (unpaired) electrons. The van der Waals surface area contributed by atoms with E-state index in [0.717, 1.165) is 58.1 Å². The summed E-state index contributed by atoms with van der Waals surface area (Å²) in [5.41, 5.74) is -0.514. The molecule has 0 aromatic rings. The van der Waals surface area contributed by atoms with Crippen molar-refractivity contribution in [3.8, 4) is 0 Å². The molecule has 7 heteroatoms. The normalized spacial score (nSPS) is 16.7. The molecule has 0 aromatic heterocycles. The summed E-state index contributed by atoms with van der Waals surface area (Å²) >= 11 is 0. The number of likely N-dealkylation sites (tertiary alicyclic amines) is 1. The van der Waals surface area contributed by atoms with Crippen molar-refractivity contribution < 1.29 is 14.3 Å². The van der Waals surface area contributed by atoms with Gasteiger partial charge in [-0.15, -0.1) is 0 Å². The molecule has 1 rings (SSSR count).